The van der Waals surface area contributed by atoms with Crippen LogP contribution in [-0.2, 0) is 20.1 Å². The number of carbonyl (C=O) groups is 1. The first-order chi connectivity index (χ1) is 14.5. The van der Waals surface area contributed by atoms with Crippen LogP contribution in [0, 0.1) is 0 Å². The van der Waals surface area contributed by atoms with Crippen molar-refractivity contribution in [1.29, 1.82) is 0 Å². The van der Waals surface area contributed by atoms with Crippen molar-refractivity contribution >= 4 is 40.4 Å². The number of aromatic nitrogens is 4. The molecule has 1 amide bonds. The van der Waals surface area contributed by atoms with Crippen molar-refractivity contribution in [2.24, 2.45) is 7.05 Å². The van der Waals surface area contributed by atoms with Gasteiger partial charge < -0.3 is 4.90 Å². The highest BCUT2D eigenvalue weighted by Crippen LogP contribution is 2.26. The van der Waals surface area contributed by atoms with E-state index in [1.54, 1.807) is 39.5 Å². The predicted octanol–water partition coefficient (Wildman–Crippen LogP) is 5.09. The number of amides is 1. The Morgan fingerprint density at radius 2 is 2.03 bits per heavy atom. The number of hydrogen-bond acceptors (Lipinski definition) is 5. The van der Waals surface area contributed by atoms with E-state index < -0.39 is 0 Å². The SMILES string of the molecule is Cn1cc(-c2nc(C(=O)N(Cc3ccc(Cl)c(Cl)c3)Cc3ccccn3)cs2)cn1. The van der Waals surface area contributed by atoms with Gasteiger partial charge in [0.05, 0.1) is 28.5 Å². The van der Waals surface area contributed by atoms with Gasteiger partial charge in [0, 0.05) is 36.9 Å². The number of nitrogens with zero attached hydrogens (tertiary/aromatic N) is 5. The van der Waals surface area contributed by atoms with Crippen molar-refractivity contribution in [1.82, 2.24) is 24.6 Å². The van der Waals surface area contributed by atoms with Crippen LogP contribution in [0.1, 0.15) is 21.7 Å². The molecule has 9 heteroatoms. The van der Waals surface area contributed by atoms with Gasteiger partial charge in [0.2, 0.25) is 0 Å². The molecule has 0 fully saturated rings. The Kier molecular flexibility index (Phi) is 6.13. The number of aryl methyl sites for hydroxylation is 1. The van der Waals surface area contributed by atoms with Gasteiger partial charge in [0.25, 0.3) is 5.91 Å². The maximum Gasteiger partial charge on any atom is 0.274 e. The summed E-state index contributed by atoms with van der Waals surface area (Å²) in [4.78, 5) is 23.9. The summed E-state index contributed by atoms with van der Waals surface area (Å²) in [6.07, 6.45) is 5.31. The third-order valence-corrected chi connectivity index (χ3v) is 6.03. The van der Waals surface area contributed by atoms with Gasteiger partial charge in [0.15, 0.2) is 0 Å². The molecule has 0 unspecified atom stereocenters. The second-order valence-electron chi connectivity index (χ2n) is 6.67. The zero-order valence-corrected chi connectivity index (χ0v) is 18.3. The predicted molar refractivity (Wildman–Crippen MR) is 119 cm³/mol. The largest absolute Gasteiger partial charge is 0.327 e. The minimum Gasteiger partial charge on any atom is -0.327 e. The third-order valence-electron chi connectivity index (χ3n) is 4.40. The Morgan fingerprint density at radius 1 is 1.17 bits per heavy atom. The molecule has 0 bridgehead atoms. The summed E-state index contributed by atoms with van der Waals surface area (Å²) in [6, 6.07) is 11.0. The molecule has 0 atom stereocenters. The molecule has 4 aromatic rings. The lowest BCUT2D eigenvalue weighted by Crippen LogP contribution is -2.30. The third kappa shape index (κ3) is 4.70. The molecule has 3 aromatic heterocycles. The average molecular weight is 458 g/mol. The molecular weight excluding hydrogens is 441 g/mol. The van der Waals surface area contributed by atoms with Crippen molar-refractivity contribution in [2.45, 2.75) is 13.1 Å². The molecule has 0 saturated carbocycles. The summed E-state index contributed by atoms with van der Waals surface area (Å²) in [7, 11) is 1.84. The Balaban J connectivity index is 1.61. The first-order valence-electron chi connectivity index (χ1n) is 9.07. The monoisotopic (exact) mass is 457 g/mol. The van der Waals surface area contributed by atoms with Crippen LogP contribution in [0.15, 0.2) is 60.4 Å². The fourth-order valence-corrected chi connectivity index (χ4v) is 4.03. The highest BCUT2D eigenvalue weighted by atomic mass is 35.5. The van der Waals surface area contributed by atoms with Crippen molar-refractivity contribution in [2.75, 3.05) is 0 Å². The molecule has 152 valence electrons. The van der Waals surface area contributed by atoms with E-state index in [0.29, 0.717) is 28.8 Å². The number of pyridine rings is 1. The molecule has 0 saturated heterocycles. The van der Waals surface area contributed by atoms with Crippen molar-refractivity contribution in [3.63, 3.8) is 0 Å². The van der Waals surface area contributed by atoms with Gasteiger partial charge in [-0.15, -0.1) is 11.3 Å². The molecule has 4 rings (SSSR count). The maximum atomic E-state index is 13.3. The molecular formula is C21H17Cl2N5OS. The topological polar surface area (TPSA) is 63.9 Å². The molecule has 0 aliphatic rings. The van der Waals surface area contributed by atoms with Crippen LogP contribution in [0.4, 0.5) is 0 Å². The van der Waals surface area contributed by atoms with Gasteiger partial charge in [-0.05, 0) is 29.8 Å². The van der Waals surface area contributed by atoms with Crippen LogP contribution in [-0.4, -0.2) is 30.6 Å². The summed E-state index contributed by atoms with van der Waals surface area (Å²) in [5.41, 5.74) is 2.92. The molecule has 0 N–H and O–H groups in total. The van der Waals surface area contributed by atoms with Crippen LogP contribution < -0.4 is 0 Å². The van der Waals surface area contributed by atoms with Gasteiger partial charge >= 0.3 is 0 Å². The van der Waals surface area contributed by atoms with Gasteiger partial charge in [-0.3, -0.25) is 14.5 Å². The molecule has 6 nitrogen and oxygen atoms in total. The van der Waals surface area contributed by atoms with Crippen LogP contribution in [0.3, 0.4) is 0 Å². The molecule has 1 aromatic carbocycles. The average Bonchev–Trinajstić information content (AvgIpc) is 3.40. The zero-order valence-electron chi connectivity index (χ0n) is 16.0. The first-order valence-corrected chi connectivity index (χ1v) is 10.7. The van der Waals surface area contributed by atoms with Crippen LogP contribution in [0.5, 0.6) is 0 Å². The second kappa shape index (κ2) is 8.95. The number of benzene rings is 1. The van der Waals surface area contributed by atoms with E-state index in [1.807, 2.05) is 37.5 Å². The quantitative estimate of drug-likeness (QED) is 0.404. The van der Waals surface area contributed by atoms with Crippen molar-refractivity contribution in [3.8, 4) is 10.6 Å². The van der Waals surface area contributed by atoms with Crippen molar-refractivity contribution < 1.29 is 4.79 Å². The summed E-state index contributed by atoms with van der Waals surface area (Å²) < 4.78 is 1.70. The minimum absolute atomic E-state index is 0.182. The Hall–Kier alpha value is -2.74. The Labute approximate surface area is 187 Å². The molecule has 30 heavy (non-hydrogen) atoms. The highest BCUT2D eigenvalue weighted by molar-refractivity contribution is 7.13. The lowest BCUT2D eigenvalue weighted by atomic mass is 10.2. The number of carbonyl (C=O) groups excluding carboxylic acids is 1. The van der Waals surface area contributed by atoms with Gasteiger partial charge in [-0.1, -0.05) is 35.3 Å². The summed E-state index contributed by atoms with van der Waals surface area (Å²) in [5, 5.41) is 7.61. The minimum atomic E-state index is -0.182. The number of thiazole rings is 1. The summed E-state index contributed by atoms with van der Waals surface area (Å²) in [6.45, 7) is 0.700. The molecule has 0 aliphatic carbocycles. The van der Waals surface area contributed by atoms with E-state index in [9.17, 15) is 4.79 Å². The first kappa shape index (κ1) is 20.5. The maximum absolute atomic E-state index is 13.3. The van der Waals surface area contributed by atoms with Crippen molar-refractivity contribution in [3.05, 3.63) is 87.4 Å². The summed E-state index contributed by atoms with van der Waals surface area (Å²) >= 11 is 13.6. The van der Waals surface area contributed by atoms with Gasteiger partial charge in [0.1, 0.15) is 10.7 Å². The number of rotatable bonds is 6. The zero-order chi connectivity index (χ0) is 21.1. The fraction of sp³-hybridized carbons (Fsp3) is 0.143. The highest BCUT2D eigenvalue weighted by Gasteiger charge is 2.21. The second-order valence-corrected chi connectivity index (χ2v) is 8.34. The van der Waals surface area contributed by atoms with Crippen LogP contribution >= 0.6 is 34.5 Å². The van der Waals surface area contributed by atoms with E-state index in [2.05, 4.69) is 15.1 Å². The smallest absolute Gasteiger partial charge is 0.274 e. The van der Waals surface area contributed by atoms with E-state index in [1.165, 1.54) is 11.3 Å². The Bertz CT molecular complexity index is 1180. The van der Waals surface area contributed by atoms with E-state index >= 15 is 0 Å². The number of hydrogen-bond donors (Lipinski definition) is 0. The van der Waals surface area contributed by atoms with Gasteiger partial charge in [-0.25, -0.2) is 4.98 Å². The number of halogens is 2. The Morgan fingerprint density at radius 3 is 2.73 bits per heavy atom. The lowest BCUT2D eigenvalue weighted by molar-refractivity contribution is 0.0723. The molecule has 0 aliphatic heterocycles. The standard InChI is InChI=1S/C21H17Cl2N5OS/c1-27-11-15(9-25-27)20-26-19(13-30-20)21(29)28(12-16-4-2-3-7-24-16)10-14-5-6-17(22)18(23)8-14/h2-9,11,13H,10,12H2,1H3. The molecule has 0 radical (unpaired) electrons. The van der Waals surface area contributed by atoms with Gasteiger partial charge in [-0.2, -0.15) is 5.10 Å². The lowest BCUT2D eigenvalue weighted by Gasteiger charge is -2.22. The van der Waals surface area contributed by atoms with E-state index in [-0.39, 0.29) is 5.91 Å². The fourth-order valence-electron chi connectivity index (χ4n) is 2.94. The normalized spacial score (nSPS) is 10.9. The summed E-state index contributed by atoms with van der Waals surface area (Å²) in [5.74, 6) is -0.182. The molecule has 3 heterocycles. The van der Waals surface area contributed by atoms with Crippen LogP contribution in [0.25, 0.3) is 10.6 Å². The van der Waals surface area contributed by atoms with E-state index in [0.717, 1.165) is 21.8 Å². The molecule has 0 spiro atoms. The van der Waals surface area contributed by atoms with E-state index in [4.69, 9.17) is 23.2 Å². The van der Waals surface area contributed by atoms with Crippen LogP contribution in [0.2, 0.25) is 10.0 Å².